The first kappa shape index (κ1) is 19.5. The molecule has 0 unspecified atom stereocenters. The number of carboxylic acid groups (broad SMARTS) is 1. The van der Waals surface area contributed by atoms with Crippen molar-refractivity contribution < 1.29 is 14.6 Å². The van der Waals surface area contributed by atoms with Gasteiger partial charge in [0.25, 0.3) is 0 Å². The highest BCUT2D eigenvalue weighted by atomic mass is 35.5. The first-order valence-corrected chi connectivity index (χ1v) is 9.18. The number of piperidine rings is 1. The zero-order valence-corrected chi connectivity index (χ0v) is 16.0. The van der Waals surface area contributed by atoms with Gasteiger partial charge in [-0.2, -0.15) is 0 Å². The second-order valence-electron chi connectivity index (χ2n) is 7.00. The predicted molar refractivity (Wildman–Crippen MR) is 108 cm³/mol. The second-order valence-corrected chi connectivity index (χ2v) is 7.00. The van der Waals surface area contributed by atoms with Gasteiger partial charge in [0.05, 0.1) is 5.92 Å². The number of nitrogens with zero attached hydrogens (tertiary/aromatic N) is 1. The van der Waals surface area contributed by atoms with Crippen molar-refractivity contribution in [3.05, 3.63) is 71.3 Å². The lowest BCUT2D eigenvalue weighted by atomic mass is 9.93. The Labute approximate surface area is 165 Å². The van der Waals surface area contributed by atoms with Gasteiger partial charge in [0.2, 0.25) is 0 Å². The Morgan fingerprint density at radius 1 is 1.15 bits per heavy atom. The van der Waals surface area contributed by atoms with Crippen molar-refractivity contribution >= 4 is 23.9 Å². The van der Waals surface area contributed by atoms with Gasteiger partial charge in [0.1, 0.15) is 12.4 Å². The Bertz CT molecular complexity index is 799. The topological polar surface area (TPSA) is 49.8 Å². The maximum absolute atomic E-state index is 11.3. The second kappa shape index (κ2) is 8.59. The van der Waals surface area contributed by atoms with Crippen LogP contribution in [0.5, 0.6) is 5.75 Å². The van der Waals surface area contributed by atoms with E-state index < -0.39 is 5.97 Å². The SMILES string of the molecule is Cl.O=C(O)[C@@H]1CCCN(C/C=C2\c3ccccc3COc3ccccc32)C1. The number of fused-ring (bicyclic) bond motifs is 2. The molecule has 2 aromatic rings. The number of halogens is 1. The molecule has 0 radical (unpaired) electrons. The lowest BCUT2D eigenvalue weighted by Gasteiger charge is -2.29. The van der Waals surface area contributed by atoms with E-state index in [2.05, 4.69) is 35.2 Å². The lowest BCUT2D eigenvalue weighted by molar-refractivity contribution is -0.143. The highest BCUT2D eigenvalue weighted by Gasteiger charge is 2.25. The number of likely N-dealkylation sites (tertiary alicyclic amines) is 1. The molecule has 0 aromatic heterocycles. The summed E-state index contributed by atoms with van der Waals surface area (Å²) in [6.07, 6.45) is 3.95. The minimum atomic E-state index is -0.680. The Balaban J connectivity index is 0.00000210. The van der Waals surface area contributed by atoms with Crippen LogP contribution in [0.3, 0.4) is 0 Å². The van der Waals surface area contributed by atoms with E-state index in [1.54, 1.807) is 0 Å². The first-order valence-electron chi connectivity index (χ1n) is 9.18. The molecule has 1 fully saturated rings. The molecule has 2 aliphatic heterocycles. The molecule has 1 N–H and O–H groups in total. The van der Waals surface area contributed by atoms with Crippen molar-refractivity contribution in [1.29, 1.82) is 0 Å². The Hall–Kier alpha value is -2.30. The molecule has 4 rings (SSSR count). The maximum atomic E-state index is 11.3. The van der Waals surface area contributed by atoms with Crippen molar-refractivity contribution in [2.45, 2.75) is 19.4 Å². The molecule has 2 heterocycles. The Morgan fingerprint density at radius 2 is 1.89 bits per heavy atom. The van der Waals surface area contributed by atoms with Crippen LogP contribution in [0.25, 0.3) is 5.57 Å². The van der Waals surface area contributed by atoms with Gasteiger partial charge in [-0.25, -0.2) is 0 Å². The van der Waals surface area contributed by atoms with Crippen LogP contribution in [0, 0.1) is 5.92 Å². The van der Waals surface area contributed by atoms with E-state index in [1.807, 2.05) is 24.3 Å². The first-order chi connectivity index (χ1) is 12.7. The Morgan fingerprint density at radius 3 is 2.70 bits per heavy atom. The highest BCUT2D eigenvalue weighted by molar-refractivity contribution is 5.85. The summed E-state index contributed by atoms with van der Waals surface area (Å²) in [5.41, 5.74) is 4.65. The molecule has 27 heavy (non-hydrogen) atoms. The molecule has 142 valence electrons. The molecule has 1 saturated heterocycles. The number of benzene rings is 2. The van der Waals surface area contributed by atoms with Gasteiger partial charge in [-0.15, -0.1) is 12.4 Å². The normalized spacial score (nSPS) is 20.6. The number of ether oxygens (including phenoxy) is 1. The average molecular weight is 386 g/mol. The van der Waals surface area contributed by atoms with Gasteiger partial charge in [0, 0.05) is 18.7 Å². The fourth-order valence-corrected chi connectivity index (χ4v) is 3.89. The molecule has 1 atom stereocenters. The maximum Gasteiger partial charge on any atom is 0.307 e. The van der Waals surface area contributed by atoms with Crippen LogP contribution in [0.2, 0.25) is 0 Å². The van der Waals surface area contributed by atoms with Crippen LogP contribution < -0.4 is 4.74 Å². The number of carboxylic acids is 1. The smallest absolute Gasteiger partial charge is 0.307 e. The summed E-state index contributed by atoms with van der Waals surface area (Å²) in [6, 6.07) is 16.5. The van der Waals surface area contributed by atoms with E-state index in [-0.39, 0.29) is 18.3 Å². The zero-order chi connectivity index (χ0) is 17.9. The van der Waals surface area contributed by atoms with Gasteiger partial charge in [0.15, 0.2) is 0 Å². The molecule has 0 aliphatic carbocycles. The van der Waals surface area contributed by atoms with Gasteiger partial charge in [-0.3, -0.25) is 9.69 Å². The molecule has 0 spiro atoms. The zero-order valence-electron chi connectivity index (χ0n) is 15.1. The molecule has 0 bridgehead atoms. The highest BCUT2D eigenvalue weighted by Crippen LogP contribution is 2.36. The largest absolute Gasteiger partial charge is 0.488 e. The van der Waals surface area contributed by atoms with Gasteiger partial charge in [-0.1, -0.05) is 48.5 Å². The summed E-state index contributed by atoms with van der Waals surface area (Å²) in [5.74, 6) is -0.0305. The number of para-hydroxylation sites is 1. The molecule has 4 nitrogen and oxygen atoms in total. The molecule has 5 heteroatoms. The van der Waals surface area contributed by atoms with Crippen molar-refractivity contribution in [2.24, 2.45) is 5.92 Å². The minimum Gasteiger partial charge on any atom is -0.488 e. The molecular formula is C22H24ClNO3. The number of carbonyl (C=O) groups is 1. The molecule has 0 amide bonds. The van der Waals surface area contributed by atoms with E-state index in [0.717, 1.165) is 37.2 Å². The van der Waals surface area contributed by atoms with Gasteiger partial charge < -0.3 is 9.84 Å². The van der Waals surface area contributed by atoms with Gasteiger partial charge in [-0.05, 0) is 42.2 Å². The van der Waals surface area contributed by atoms with Crippen LogP contribution in [-0.4, -0.2) is 35.6 Å². The van der Waals surface area contributed by atoms with Crippen molar-refractivity contribution in [2.75, 3.05) is 19.6 Å². The number of hydrogen-bond acceptors (Lipinski definition) is 3. The molecule has 0 saturated carbocycles. The van der Waals surface area contributed by atoms with E-state index >= 15 is 0 Å². The third kappa shape index (κ3) is 4.18. The summed E-state index contributed by atoms with van der Waals surface area (Å²) in [7, 11) is 0. The summed E-state index contributed by atoms with van der Waals surface area (Å²) >= 11 is 0. The molecule has 2 aromatic carbocycles. The number of aliphatic carboxylic acids is 1. The third-order valence-corrected chi connectivity index (χ3v) is 5.28. The average Bonchev–Trinajstić information content (AvgIpc) is 2.83. The van der Waals surface area contributed by atoms with Crippen LogP contribution >= 0.6 is 12.4 Å². The summed E-state index contributed by atoms with van der Waals surface area (Å²) in [6.45, 7) is 2.89. The van der Waals surface area contributed by atoms with Crippen molar-refractivity contribution in [3.8, 4) is 5.75 Å². The van der Waals surface area contributed by atoms with Crippen LogP contribution in [0.4, 0.5) is 0 Å². The lowest BCUT2D eigenvalue weighted by Crippen LogP contribution is -2.38. The summed E-state index contributed by atoms with van der Waals surface area (Å²) in [5, 5.41) is 9.31. The number of rotatable bonds is 3. The third-order valence-electron chi connectivity index (χ3n) is 5.28. The molecule has 2 aliphatic rings. The van der Waals surface area contributed by atoms with Gasteiger partial charge >= 0.3 is 5.97 Å². The summed E-state index contributed by atoms with van der Waals surface area (Å²) in [4.78, 5) is 13.6. The van der Waals surface area contributed by atoms with E-state index in [1.165, 1.54) is 16.7 Å². The summed E-state index contributed by atoms with van der Waals surface area (Å²) < 4.78 is 6.01. The van der Waals surface area contributed by atoms with Crippen LogP contribution in [0.1, 0.15) is 29.5 Å². The monoisotopic (exact) mass is 385 g/mol. The standard InChI is InChI=1S/C22H23NO3.ClH/c24-22(25)16-7-5-12-23(14-16)13-11-19-18-8-2-1-6-17(18)15-26-21-10-4-3-9-20(19)21;/h1-4,6,8-11,16H,5,7,12-15H2,(H,24,25);1H/b19-11+;/t16-;/m1./s1. The Kier molecular flexibility index (Phi) is 6.19. The fraction of sp³-hybridized carbons (Fsp3) is 0.318. The van der Waals surface area contributed by atoms with Crippen LogP contribution in [0.15, 0.2) is 54.6 Å². The molecular weight excluding hydrogens is 362 g/mol. The number of hydrogen-bond donors (Lipinski definition) is 1. The quantitative estimate of drug-likeness (QED) is 0.859. The van der Waals surface area contributed by atoms with Crippen molar-refractivity contribution in [1.82, 2.24) is 4.90 Å². The van der Waals surface area contributed by atoms with Crippen molar-refractivity contribution in [3.63, 3.8) is 0 Å². The fourth-order valence-electron chi connectivity index (χ4n) is 3.89. The van der Waals surface area contributed by atoms with E-state index in [9.17, 15) is 9.90 Å². The van der Waals surface area contributed by atoms with E-state index in [0.29, 0.717) is 13.2 Å². The van der Waals surface area contributed by atoms with E-state index in [4.69, 9.17) is 4.74 Å². The minimum absolute atomic E-state index is 0. The van der Waals surface area contributed by atoms with Crippen LogP contribution in [-0.2, 0) is 11.4 Å². The predicted octanol–water partition coefficient (Wildman–Crippen LogP) is 4.23.